The molecule has 2 N–H and O–H groups in total. The topological polar surface area (TPSA) is 63.4 Å². The second kappa shape index (κ2) is 5.35. The van der Waals surface area contributed by atoms with Gasteiger partial charge in [-0.05, 0) is 31.0 Å². The van der Waals surface area contributed by atoms with E-state index in [1.165, 1.54) is 22.5 Å². The zero-order valence-electron chi connectivity index (χ0n) is 9.64. The maximum atomic E-state index is 12.5. The van der Waals surface area contributed by atoms with Crippen LogP contribution in [-0.2, 0) is 10.0 Å². The van der Waals surface area contributed by atoms with E-state index in [1.807, 2.05) is 0 Å². The lowest BCUT2D eigenvalue weighted by Crippen LogP contribution is -2.39. The van der Waals surface area contributed by atoms with Crippen LogP contribution in [0.3, 0.4) is 0 Å². The Morgan fingerprint density at radius 1 is 1.39 bits per heavy atom. The zero-order chi connectivity index (χ0) is 13.3. The van der Waals surface area contributed by atoms with Crippen LogP contribution < -0.4 is 5.73 Å². The number of hydrogen-bond acceptors (Lipinski definition) is 3. The molecule has 0 aliphatic carbocycles. The minimum absolute atomic E-state index is 0.0916. The molecule has 1 heterocycles. The molecule has 0 amide bonds. The van der Waals surface area contributed by atoms with Gasteiger partial charge < -0.3 is 5.73 Å². The zero-order valence-corrected chi connectivity index (χ0v) is 12.0. The summed E-state index contributed by atoms with van der Waals surface area (Å²) in [6.07, 6.45) is 1.62. The smallest absolute Gasteiger partial charge is 0.244 e. The van der Waals surface area contributed by atoms with E-state index in [4.69, 9.17) is 28.9 Å². The van der Waals surface area contributed by atoms with Crippen molar-refractivity contribution in [2.45, 2.75) is 23.8 Å². The molecule has 1 atom stereocenters. The quantitative estimate of drug-likeness (QED) is 0.930. The summed E-state index contributed by atoms with van der Waals surface area (Å²) in [6, 6.07) is 4.25. The van der Waals surface area contributed by atoms with Gasteiger partial charge in [-0.1, -0.05) is 23.2 Å². The highest BCUT2D eigenvalue weighted by atomic mass is 35.5. The highest BCUT2D eigenvalue weighted by Crippen LogP contribution is 2.31. The third kappa shape index (κ3) is 2.51. The van der Waals surface area contributed by atoms with E-state index in [1.54, 1.807) is 0 Å². The molecule has 18 heavy (non-hydrogen) atoms. The number of sulfonamides is 1. The summed E-state index contributed by atoms with van der Waals surface area (Å²) in [6.45, 7) is 0.813. The normalized spacial score (nSPS) is 21.4. The summed E-state index contributed by atoms with van der Waals surface area (Å²) in [7, 11) is -3.58. The lowest BCUT2D eigenvalue weighted by molar-refractivity contribution is 0.393. The molecule has 1 saturated heterocycles. The highest BCUT2D eigenvalue weighted by molar-refractivity contribution is 7.89. The minimum atomic E-state index is -3.58. The molecule has 1 aliphatic heterocycles. The van der Waals surface area contributed by atoms with Crippen molar-refractivity contribution < 1.29 is 8.42 Å². The van der Waals surface area contributed by atoms with Crippen LogP contribution in [0.25, 0.3) is 0 Å². The lowest BCUT2D eigenvalue weighted by Gasteiger charge is -2.23. The average molecular weight is 309 g/mol. The van der Waals surface area contributed by atoms with Crippen LogP contribution in [0.1, 0.15) is 12.8 Å². The van der Waals surface area contributed by atoms with Crippen LogP contribution in [0.15, 0.2) is 23.1 Å². The van der Waals surface area contributed by atoms with Gasteiger partial charge in [0, 0.05) is 24.2 Å². The largest absolute Gasteiger partial charge is 0.329 e. The molecule has 1 unspecified atom stereocenters. The van der Waals surface area contributed by atoms with Crippen molar-refractivity contribution in [3.63, 3.8) is 0 Å². The predicted octanol–water partition coefficient (Wildman–Crippen LogP) is 2.11. The van der Waals surface area contributed by atoms with Gasteiger partial charge >= 0.3 is 0 Å². The molecule has 7 heteroatoms. The Kier molecular flexibility index (Phi) is 4.18. The molecule has 1 aromatic rings. The first-order chi connectivity index (χ1) is 8.46. The molecule has 100 valence electrons. The number of nitrogens with zero attached hydrogens (tertiary/aromatic N) is 1. The maximum Gasteiger partial charge on any atom is 0.244 e. The number of rotatable bonds is 3. The first-order valence-corrected chi connectivity index (χ1v) is 7.83. The Labute approximate surface area is 117 Å². The molecule has 1 aromatic carbocycles. The van der Waals surface area contributed by atoms with Crippen molar-refractivity contribution in [3.8, 4) is 0 Å². The second-order valence-electron chi connectivity index (χ2n) is 4.22. The van der Waals surface area contributed by atoms with Crippen molar-refractivity contribution in [2.75, 3.05) is 13.1 Å². The maximum absolute atomic E-state index is 12.5. The summed E-state index contributed by atoms with van der Waals surface area (Å²) >= 11 is 11.7. The number of benzene rings is 1. The predicted molar refractivity (Wildman–Crippen MR) is 72.4 cm³/mol. The fourth-order valence-electron chi connectivity index (χ4n) is 2.17. The summed E-state index contributed by atoms with van der Waals surface area (Å²) in [4.78, 5) is 0.0916. The van der Waals surface area contributed by atoms with Crippen LogP contribution in [-0.4, -0.2) is 31.9 Å². The van der Waals surface area contributed by atoms with Gasteiger partial charge in [0.05, 0.1) is 5.02 Å². The van der Waals surface area contributed by atoms with Crippen molar-refractivity contribution in [1.29, 1.82) is 0 Å². The lowest BCUT2D eigenvalue weighted by atomic mass is 10.2. The van der Waals surface area contributed by atoms with Crippen LogP contribution >= 0.6 is 23.2 Å². The van der Waals surface area contributed by atoms with Gasteiger partial charge in [-0.3, -0.25) is 0 Å². The van der Waals surface area contributed by atoms with Gasteiger partial charge in [0.25, 0.3) is 0 Å². The van der Waals surface area contributed by atoms with E-state index < -0.39 is 10.0 Å². The molecule has 1 fully saturated rings. The first-order valence-electron chi connectivity index (χ1n) is 5.64. The number of hydrogen-bond donors (Lipinski definition) is 1. The van der Waals surface area contributed by atoms with E-state index in [2.05, 4.69) is 0 Å². The highest BCUT2D eigenvalue weighted by Gasteiger charge is 2.35. The van der Waals surface area contributed by atoms with Gasteiger partial charge in [-0.15, -0.1) is 0 Å². The third-order valence-corrected chi connectivity index (χ3v) is 5.75. The van der Waals surface area contributed by atoms with Gasteiger partial charge in [0.1, 0.15) is 4.90 Å². The van der Waals surface area contributed by atoms with E-state index >= 15 is 0 Å². The van der Waals surface area contributed by atoms with E-state index in [0.29, 0.717) is 18.1 Å². The molecule has 0 spiro atoms. The summed E-state index contributed by atoms with van der Waals surface area (Å²) < 4.78 is 26.4. The first kappa shape index (κ1) is 14.1. The number of nitrogens with two attached hydrogens (primary N) is 1. The fourth-order valence-corrected chi connectivity index (χ4v) is 4.62. The third-order valence-electron chi connectivity index (χ3n) is 3.08. The van der Waals surface area contributed by atoms with Gasteiger partial charge in [-0.25, -0.2) is 8.42 Å². The summed E-state index contributed by atoms with van der Waals surface area (Å²) in [5.41, 5.74) is 5.60. The van der Waals surface area contributed by atoms with Crippen molar-refractivity contribution in [2.24, 2.45) is 5.73 Å². The van der Waals surface area contributed by atoms with Crippen LogP contribution in [0.4, 0.5) is 0 Å². The Morgan fingerprint density at radius 3 is 2.72 bits per heavy atom. The molecule has 0 saturated carbocycles. The average Bonchev–Trinajstić information content (AvgIpc) is 2.76. The molecule has 0 bridgehead atoms. The van der Waals surface area contributed by atoms with Crippen LogP contribution in [0.5, 0.6) is 0 Å². The van der Waals surface area contributed by atoms with Gasteiger partial charge in [0.15, 0.2) is 0 Å². The molecule has 4 nitrogen and oxygen atoms in total. The molecule has 0 radical (unpaired) electrons. The monoisotopic (exact) mass is 308 g/mol. The van der Waals surface area contributed by atoms with Gasteiger partial charge in [0.2, 0.25) is 10.0 Å². The van der Waals surface area contributed by atoms with E-state index in [9.17, 15) is 8.42 Å². The standard InChI is InChI=1S/C11H14Cl2N2O2S/c12-8-3-4-11(10(13)6-8)18(16,17)15-5-1-2-9(15)7-14/h3-4,6,9H,1-2,5,7,14H2. The molecular weight excluding hydrogens is 295 g/mol. The molecule has 1 aliphatic rings. The molecular formula is C11H14Cl2N2O2S. The van der Waals surface area contributed by atoms with Crippen molar-refractivity contribution in [3.05, 3.63) is 28.2 Å². The van der Waals surface area contributed by atoms with E-state index in [0.717, 1.165) is 12.8 Å². The number of halogens is 2. The Hall–Kier alpha value is -0.330. The minimum Gasteiger partial charge on any atom is -0.329 e. The van der Waals surface area contributed by atoms with Crippen LogP contribution in [0.2, 0.25) is 10.0 Å². The van der Waals surface area contributed by atoms with Crippen molar-refractivity contribution in [1.82, 2.24) is 4.31 Å². The van der Waals surface area contributed by atoms with Gasteiger partial charge in [-0.2, -0.15) is 4.31 Å². The Morgan fingerprint density at radius 2 is 2.11 bits per heavy atom. The molecule has 2 rings (SSSR count). The molecule has 0 aromatic heterocycles. The summed E-state index contributed by atoms with van der Waals surface area (Å²) in [5, 5.41) is 0.556. The fraction of sp³-hybridized carbons (Fsp3) is 0.455. The Balaban J connectivity index is 2.42. The second-order valence-corrected chi connectivity index (χ2v) is 6.92. The summed E-state index contributed by atoms with van der Waals surface area (Å²) in [5.74, 6) is 0. The SMILES string of the molecule is NCC1CCCN1S(=O)(=O)c1ccc(Cl)cc1Cl. The van der Waals surface area contributed by atoms with Crippen molar-refractivity contribution >= 4 is 33.2 Å². The Bertz CT molecular complexity index is 548. The van der Waals surface area contributed by atoms with Crippen LogP contribution in [0, 0.1) is 0 Å². The van der Waals surface area contributed by atoms with E-state index in [-0.39, 0.29) is 16.0 Å².